The molecule has 0 bridgehead atoms. The predicted molar refractivity (Wildman–Crippen MR) is 56.1 cm³/mol. The van der Waals surface area contributed by atoms with E-state index in [1.807, 2.05) is 0 Å². The van der Waals surface area contributed by atoms with E-state index in [2.05, 4.69) is 26.1 Å². The molecule has 0 amide bonds. The molecule has 1 heterocycles. The molecule has 15 heavy (non-hydrogen) atoms. The van der Waals surface area contributed by atoms with Crippen LogP contribution in [0.3, 0.4) is 0 Å². The number of nitrogens with two attached hydrogens (primary N) is 1. The molecule has 3 nitrogen and oxygen atoms in total. The fourth-order valence-corrected chi connectivity index (χ4v) is 1.78. The SMILES string of the molecule is Nc1n[nH]c(-c2c(F)cccc2Br)c1F. The molecule has 0 aliphatic rings. The van der Waals surface area contributed by atoms with Crippen LogP contribution in [-0.4, -0.2) is 10.2 Å². The Labute approximate surface area is 92.4 Å². The van der Waals surface area contributed by atoms with E-state index in [1.54, 1.807) is 6.07 Å². The van der Waals surface area contributed by atoms with Gasteiger partial charge in [0.25, 0.3) is 0 Å². The van der Waals surface area contributed by atoms with Gasteiger partial charge in [0.1, 0.15) is 11.5 Å². The first-order valence-corrected chi connectivity index (χ1v) is 4.84. The molecular formula is C9H6BrF2N3. The van der Waals surface area contributed by atoms with Crippen molar-refractivity contribution in [1.82, 2.24) is 10.2 Å². The minimum atomic E-state index is -0.749. The minimum Gasteiger partial charge on any atom is -0.380 e. The number of nitrogen functional groups attached to an aromatic ring is 1. The Hall–Kier alpha value is -1.43. The van der Waals surface area contributed by atoms with E-state index < -0.39 is 11.6 Å². The molecule has 78 valence electrons. The maximum Gasteiger partial charge on any atom is 0.192 e. The number of benzene rings is 1. The number of aromatic nitrogens is 2. The van der Waals surface area contributed by atoms with Gasteiger partial charge in [0, 0.05) is 4.47 Å². The van der Waals surface area contributed by atoms with Gasteiger partial charge in [-0.1, -0.05) is 6.07 Å². The number of nitrogens with one attached hydrogen (secondary N) is 1. The molecule has 6 heteroatoms. The van der Waals surface area contributed by atoms with Crippen LogP contribution in [0.5, 0.6) is 0 Å². The fraction of sp³-hybridized carbons (Fsp3) is 0. The zero-order chi connectivity index (χ0) is 11.0. The van der Waals surface area contributed by atoms with Crippen LogP contribution < -0.4 is 5.73 Å². The summed E-state index contributed by atoms with van der Waals surface area (Å²) in [6.07, 6.45) is 0. The molecule has 0 unspecified atom stereocenters. The molecule has 0 saturated heterocycles. The molecule has 0 aliphatic heterocycles. The van der Waals surface area contributed by atoms with E-state index in [0.29, 0.717) is 4.47 Å². The maximum absolute atomic E-state index is 13.4. The fourth-order valence-electron chi connectivity index (χ4n) is 1.24. The van der Waals surface area contributed by atoms with E-state index in [-0.39, 0.29) is 17.1 Å². The molecule has 2 aromatic rings. The van der Waals surface area contributed by atoms with Crippen LogP contribution >= 0.6 is 15.9 Å². The number of rotatable bonds is 1. The van der Waals surface area contributed by atoms with Crippen LogP contribution in [-0.2, 0) is 0 Å². The van der Waals surface area contributed by atoms with E-state index in [4.69, 9.17) is 5.73 Å². The summed E-state index contributed by atoms with van der Waals surface area (Å²) in [6, 6.07) is 4.35. The van der Waals surface area contributed by atoms with E-state index in [9.17, 15) is 8.78 Å². The highest BCUT2D eigenvalue weighted by Gasteiger charge is 2.17. The van der Waals surface area contributed by atoms with Crippen molar-refractivity contribution in [2.75, 3.05) is 5.73 Å². The lowest BCUT2D eigenvalue weighted by Gasteiger charge is -2.02. The molecule has 0 radical (unpaired) electrons. The second-order valence-electron chi connectivity index (χ2n) is 2.89. The quantitative estimate of drug-likeness (QED) is 0.840. The summed E-state index contributed by atoms with van der Waals surface area (Å²) in [5, 5.41) is 5.82. The van der Waals surface area contributed by atoms with Crippen molar-refractivity contribution >= 4 is 21.7 Å². The smallest absolute Gasteiger partial charge is 0.192 e. The van der Waals surface area contributed by atoms with Crippen LogP contribution in [0, 0.1) is 11.6 Å². The van der Waals surface area contributed by atoms with Gasteiger partial charge in [0.15, 0.2) is 11.6 Å². The molecule has 1 aromatic carbocycles. The maximum atomic E-state index is 13.4. The lowest BCUT2D eigenvalue weighted by atomic mass is 10.1. The van der Waals surface area contributed by atoms with Crippen molar-refractivity contribution in [1.29, 1.82) is 0 Å². The number of anilines is 1. The van der Waals surface area contributed by atoms with Gasteiger partial charge in [-0.25, -0.2) is 8.78 Å². The summed E-state index contributed by atoms with van der Waals surface area (Å²) in [7, 11) is 0. The van der Waals surface area contributed by atoms with Crippen molar-refractivity contribution in [2.24, 2.45) is 0 Å². The Morgan fingerprint density at radius 2 is 2.07 bits per heavy atom. The largest absolute Gasteiger partial charge is 0.380 e. The van der Waals surface area contributed by atoms with Gasteiger partial charge in [0.05, 0.1) is 5.56 Å². The number of nitrogens with zero attached hydrogens (tertiary/aromatic N) is 1. The van der Waals surface area contributed by atoms with Crippen LogP contribution in [0.4, 0.5) is 14.6 Å². The first-order valence-electron chi connectivity index (χ1n) is 4.05. The van der Waals surface area contributed by atoms with Gasteiger partial charge in [-0.2, -0.15) is 5.10 Å². The number of halogens is 3. The lowest BCUT2D eigenvalue weighted by Crippen LogP contribution is -1.90. The monoisotopic (exact) mass is 273 g/mol. The molecule has 1 aromatic heterocycles. The first-order chi connectivity index (χ1) is 7.11. The highest BCUT2D eigenvalue weighted by molar-refractivity contribution is 9.10. The van der Waals surface area contributed by atoms with Crippen LogP contribution in [0.1, 0.15) is 0 Å². The second-order valence-corrected chi connectivity index (χ2v) is 3.75. The first kappa shape index (κ1) is 10.1. The summed E-state index contributed by atoms with van der Waals surface area (Å²) < 4.78 is 27.3. The summed E-state index contributed by atoms with van der Waals surface area (Å²) in [5.74, 6) is -1.58. The van der Waals surface area contributed by atoms with Gasteiger partial charge in [-0.3, -0.25) is 5.10 Å². The molecular weight excluding hydrogens is 268 g/mol. The zero-order valence-electron chi connectivity index (χ0n) is 7.39. The predicted octanol–water partition coefficient (Wildman–Crippen LogP) is 2.70. The van der Waals surface area contributed by atoms with Gasteiger partial charge in [0.2, 0.25) is 0 Å². The van der Waals surface area contributed by atoms with Gasteiger partial charge in [-0.15, -0.1) is 0 Å². The highest BCUT2D eigenvalue weighted by Crippen LogP contribution is 2.32. The van der Waals surface area contributed by atoms with Gasteiger partial charge < -0.3 is 5.73 Å². The summed E-state index contributed by atoms with van der Waals surface area (Å²) in [6.45, 7) is 0. The second kappa shape index (κ2) is 3.62. The van der Waals surface area contributed by atoms with Gasteiger partial charge in [-0.05, 0) is 28.1 Å². The Morgan fingerprint density at radius 1 is 1.33 bits per heavy atom. The Balaban J connectivity index is 2.69. The van der Waals surface area contributed by atoms with Crippen molar-refractivity contribution in [3.05, 3.63) is 34.3 Å². The average Bonchev–Trinajstić information content (AvgIpc) is 2.49. The molecule has 2 rings (SSSR count). The Bertz CT molecular complexity index is 490. The third-order valence-corrected chi connectivity index (χ3v) is 2.61. The number of hydrogen-bond acceptors (Lipinski definition) is 2. The third kappa shape index (κ3) is 1.61. The van der Waals surface area contributed by atoms with Crippen LogP contribution in [0.25, 0.3) is 11.3 Å². The zero-order valence-corrected chi connectivity index (χ0v) is 8.98. The molecule has 0 atom stereocenters. The number of aromatic amines is 1. The molecule has 0 aliphatic carbocycles. The Morgan fingerprint density at radius 3 is 2.60 bits per heavy atom. The topological polar surface area (TPSA) is 54.7 Å². The number of hydrogen-bond donors (Lipinski definition) is 2. The standard InChI is InChI=1S/C9H6BrF2N3/c10-4-2-1-3-5(11)6(4)8-7(12)9(13)15-14-8/h1-3H,(H3,13,14,15). The van der Waals surface area contributed by atoms with E-state index in [0.717, 1.165) is 0 Å². The highest BCUT2D eigenvalue weighted by atomic mass is 79.9. The molecule has 0 spiro atoms. The molecule has 0 saturated carbocycles. The van der Waals surface area contributed by atoms with Crippen molar-refractivity contribution in [3.63, 3.8) is 0 Å². The Kier molecular flexibility index (Phi) is 2.44. The van der Waals surface area contributed by atoms with Gasteiger partial charge >= 0.3 is 0 Å². The average molecular weight is 274 g/mol. The summed E-state index contributed by atoms with van der Waals surface area (Å²) in [5.41, 5.74) is 5.25. The lowest BCUT2D eigenvalue weighted by molar-refractivity contribution is 0.618. The van der Waals surface area contributed by atoms with E-state index >= 15 is 0 Å². The van der Waals surface area contributed by atoms with Crippen LogP contribution in [0.15, 0.2) is 22.7 Å². The van der Waals surface area contributed by atoms with E-state index in [1.165, 1.54) is 12.1 Å². The summed E-state index contributed by atoms with van der Waals surface area (Å²) in [4.78, 5) is 0. The summed E-state index contributed by atoms with van der Waals surface area (Å²) >= 11 is 3.13. The molecule has 3 N–H and O–H groups in total. The molecule has 0 fully saturated rings. The normalized spacial score (nSPS) is 10.6. The minimum absolute atomic E-state index is 0.0579. The van der Waals surface area contributed by atoms with Crippen molar-refractivity contribution < 1.29 is 8.78 Å². The van der Waals surface area contributed by atoms with Crippen molar-refractivity contribution in [3.8, 4) is 11.3 Å². The number of H-pyrrole nitrogens is 1. The third-order valence-electron chi connectivity index (χ3n) is 1.95. The van der Waals surface area contributed by atoms with Crippen LogP contribution in [0.2, 0.25) is 0 Å². The van der Waals surface area contributed by atoms with Crippen molar-refractivity contribution in [2.45, 2.75) is 0 Å².